The van der Waals surface area contributed by atoms with Gasteiger partial charge in [0.15, 0.2) is 5.54 Å². The van der Waals surface area contributed by atoms with Crippen molar-refractivity contribution in [1.82, 2.24) is 0 Å². The van der Waals surface area contributed by atoms with Crippen molar-refractivity contribution >= 4 is 5.97 Å². The number of quaternary nitrogens is 1. The molecule has 0 unspecified atom stereocenters. The zero-order valence-corrected chi connectivity index (χ0v) is 7.66. The van der Waals surface area contributed by atoms with Crippen molar-refractivity contribution in [2.24, 2.45) is 0 Å². The van der Waals surface area contributed by atoms with Crippen molar-refractivity contribution in [2.75, 3.05) is 0 Å². The smallest absolute Gasteiger partial charge is 0.365 e. The third-order valence-electron chi connectivity index (χ3n) is 1.95. The normalized spacial score (nSPS) is 14.9. The van der Waals surface area contributed by atoms with Gasteiger partial charge in [-0.25, -0.2) is 4.79 Å². The fourth-order valence-electron chi connectivity index (χ4n) is 1.12. The maximum atomic E-state index is 10.8. The molecular weight excluding hydrogens is 166 g/mol. The maximum absolute atomic E-state index is 10.8. The van der Waals surface area contributed by atoms with Crippen LogP contribution in [-0.4, -0.2) is 16.6 Å². The third-order valence-corrected chi connectivity index (χ3v) is 1.95. The molecule has 0 aliphatic carbocycles. The van der Waals surface area contributed by atoms with E-state index in [1.54, 1.807) is 6.92 Å². The standard InChI is InChI=1S/C10H13NO2/c1-10(11,9(12)13)7-8-5-3-2-4-6-8/h2-6H,7,11H2,1H3,(H,12,13)/p+1/t10-/m1/s1. The molecule has 1 aromatic rings. The lowest BCUT2D eigenvalue weighted by Crippen LogP contribution is -2.76. The van der Waals surface area contributed by atoms with Crippen LogP contribution in [0.5, 0.6) is 0 Å². The molecule has 13 heavy (non-hydrogen) atoms. The second-order valence-corrected chi connectivity index (χ2v) is 3.53. The Balaban J connectivity index is 2.75. The van der Waals surface area contributed by atoms with Gasteiger partial charge in [-0.3, -0.25) is 0 Å². The maximum Gasteiger partial charge on any atom is 0.365 e. The summed E-state index contributed by atoms with van der Waals surface area (Å²) in [6.07, 6.45) is 0.461. The average molecular weight is 180 g/mol. The van der Waals surface area contributed by atoms with Crippen LogP contribution in [0.1, 0.15) is 12.5 Å². The van der Waals surface area contributed by atoms with E-state index >= 15 is 0 Å². The molecule has 0 fully saturated rings. The summed E-state index contributed by atoms with van der Waals surface area (Å²) < 4.78 is 0. The van der Waals surface area contributed by atoms with E-state index in [9.17, 15) is 4.79 Å². The number of hydrogen-bond donors (Lipinski definition) is 2. The lowest BCUT2D eigenvalue weighted by atomic mass is 9.94. The summed E-state index contributed by atoms with van der Waals surface area (Å²) in [5.41, 5.74) is 3.74. The van der Waals surface area contributed by atoms with E-state index in [1.807, 2.05) is 30.3 Å². The Morgan fingerprint density at radius 1 is 1.46 bits per heavy atom. The lowest BCUT2D eigenvalue weighted by molar-refractivity contribution is -0.455. The molecule has 0 aromatic heterocycles. The van der Waals surface area contributed by atoms with E-state index in [0.29, 0.717) is 6.42 Å². The van der Waals surface area contributed by atoms with Gasteiger partial charge in [0.05, 0.1) is 0 Å². The predicted molar refractivity (Wildman–Crippen MR) is 49.1 cm³/mol. The molecule has 0 bridgehead atoms. The minimum Gasteiger partial charge on any atom is -0.477 e. The summed E-state index contributed by atoms with van der Waals surface area (Å²) in [4.78, 5) is 10.8. The highest BCUT2D eigenvalue weighted by molar-refractivity contribution is 5.76. The largest absolute Gasteiger partial charge is 0.477 e. The van der Waals surface area contributed by atoms with Gasteiger partial charge in [0.1, 0.15) is 0 Å². The van der Waals surface area contributed by atoms with Crippen LogP contribution in [0.4, 0.5) is 0 Å². The van der Waals surface area contributed by atoms with Crippen LogP contribution in [0.15, 0.2) is 30.3 Å². The first-order valence-corrected chi connectivity index (χ1v) is 4.15. The first kappa shape index (κ1) is 9.74. The topological polar surface area (TPSA) is 64.9 Å². The van der Waals surface area contributed by atoms with Crippen molar-refractivity contribution in [3.05, 3.63) is 35.9 Å². The van der Waals surface area contributed by atoms with E-state index < -0.39 is 11.5 Å². The van der Waals surface area contributed by atoms with Gasteiger partial charge in [-0.15, -0.1) is 0 Å². The van der Waals surface area contributed by atoms with Crippen LogP contribution in [0.25, 0.3) is 0 Å². The van der Waals surface area contributed by atoms with Crippen molar-refractivity contribution in [3.63, 3.8) is 0 Å². The third kappa shape index (κ3) is 2.56. The van der Waals surface area contributed by atoms with E-state index in [1.165, 1.54) is 0 Å². The monoisotopic (exact) mass is 180 g/mol. The Morgan fingerprint density at radius 3 is 2.46 bits per heavy atom. The van der Waals surface area contributed by atoms with Gasteiger partial charge >= 0.3 is 5.97 Å². The molecule has 1 atom stereocenters. The molecule has 0 spiro atoms. The van der Waals surface area contributed by atoms with Gasteiger partial charge in [0.2, 0.25) is 0 Å². The number of carboxylic acid groups (broad SMARTS) is 1. The van der Waals surface area contributed by atoms with Crippen molar-refractivity contribution in [1.29, 1.82) is 0 Å². The van der Waals surface area contributed by atoms with Gasteiger partial charge in [-0.2, -0.15) is 0 Å². The van der Waals surface area contributed by atoms with Crippen LogP contribution >= 0.6 is 0 Å². The van der Waals surface area contributed by atoms with Crippen LogP contribution in [-0.2, 0) is 11.2 Å². The minimum absolute atomic E-state index is 0.461. The first-order valence-electron chi connectivity index (χ1n) is 4.15. The van der Waals surface area contributed by atoms with Crippen molar-refractivity contribution in [3.8, 4) is 0 Å². The molecule has 0 aliphatic heterocycles. The van der Waals surface area contributed by atoms with Crippen LogP contribution in [0, 0.1) is 0 Å². The number of aliphatic carboxylic acids is 1. The Labute approximate surface area is 77.2 Å². The number of benzene rings is 1. The highest BCUT2D eigenvalue weighted by atomic mass is 16.4. The molecule has 70 valence electrons. The van der Waals surface area contributed by atoms with Crippen LogP contribution in [0.2, 0.25) is 0 Å². The fraction of sp³-hybridized carbons (Fsp3) is 0.300. The SMILES string of the molecule is C[C@@]([NH3+])(Cc1ccccc1)C(=O)O. The van der Waals surface area contributed by atoms with Gasteiger partial charge in [0.25, 0.3) is 0 Å². The highest BCUT2D eigenvalue weighted by Gasteiger charge is 2.32. The summed E-state index contributed by atoms with van der Waals surface area (Å²) >= 11 is 0. The molecule has 3 heteroatoms. The quantitative estimate of drug-likeness (QED) is 0.703. The van der Waals surface area contributed by atoms with Gasteiger partial charge in [-0.05, 0) is 5.56 Å². The second-order valence-electron chi connectivity index (χ2n) is 3.53. The van der Waals surface area contributed by atoms with Gasteiger partial charge in [0, 0.05) is 13.3 Å². The molecule has 0 saturated carbocycles. The molecular formula is C10H14NO2+. The summed E-state index contributed by atoms with van der Waals surface area (Å²) in [6.45, 7) is 1.63. The van der Waals surface area contributed by atoms with Crippen LogP contribution < -0.4 is 5.73 Å². The van der Waals surface area contributed by atoms with E-state index in [2.05, 4.69) is 5.73 Å². The van der Waals surface area contributed by atoms with Crippen molar-refractivity contribution < 1.29 is 15.6 Å². The number of carbonyl (C=O) groups is 1. The Morgan fingerprint density at radius 2 is 2.00 bits per heavy atom. The second kappa shape index (κ2) is 3.58. The van der Waals surface area contributed by atoms with E-state index in [0.717, 1.165) is 5.56 Å². The molecule has 4 N–H and O–H groups in total. The van der Waals surface area contributed by atoms with Gasteiger partial charge < -0.3 is 10.8 Å². The molecule has 0 aliphatic rings. The number of carboxylic acids is 1. The zero-order chi connectivity index (χ0) is 9.90. The highest BCUT2D eigenvalue weighted by Crippen LogP contribution is 2.08. The molecule has 0 amide bonds. The lowest BCUT2D eigenvalue weighted by Gasteiger charge is -2.14. The number of rotatable bonds is 3. The van der Waals surface area contributed by atoms with Crippen LogP contribution in [0.3, 0.4) is 0 Å². The van der Waals surface area contributed by atoms with Gasteiger partial charge in [-0.1, -0.05) is 30.3 Å². The average Bonchev–Trinajstić information content (AvgIpc) is 2.05. The zero-order valence-electron chi connectivity index (χ0n) is 7.66. The predicted octanol–water partition coefficient (Wildman–Crippen LogP) is 0.314. The summed E-state index contributed by atoms with van der Waals surface area (Å²) in [5.74, 6) is -0.864. The number of hydrogen-bond acceptors (Lipinski definition) is 1. The summed E-state index contributed by atoms with van der Waals surface area (Å²) in [5, 5.41) is 8.84. The Kier molecular flexibility index (Phi) is 2.68. The summed E-state index contributed by atoms with van der Waals surface area (Å²) in [6, 6.07) is 9.52. The fourth-order valence-corrected chi connectivity index (χ4v) is 1.12. The van der Waals surface area contributed by atoms with E-state index in [-0.39, 0.29) is 0 Å². The minimum atomic E-state index is -0.929. The van der Waals surface area contributed by atoms with E-state index in [4.69, 9.17) is 5.11 Å². The Bertz CT molecular complexity index is 293. The molecule has 1 aromatic carbocycles. The molecule has 0 radical (unpaired) electrons. The Hall–Kier alpha value is -1.35. The molecule has 1 rings (SSSR count). The molecule has 0 saturated heterocycles. The molecule has 3 nitrogen and oxygen atoms in total. The van der Waals surface area contributed by atoms with Crippen molar-refractivity contribution in [2.45, 2.75) is 18.9 Å². The summed E-state index contributed by atoms with van der Waals surface area (Å²) in [7, 11) is 0. The molecule has 0 heterocycles. The first-order chi connectivity index (χ1) is 6.02.